The number of pyridine rings is 1. The summed E-state index contributed by atoms with van der Waals surface area (Å²) in [4.78, 5) is 3.78. The van der Waals surface area contributed by atoms with E-state index >= 15 is 0 Å². The van der Waals surface area contributed by atoms with Gasteiger partial charge in [0.15, 0.2) is 0 Å². The minimum atomic E-state index is -4.31. The van der Waals surface area contributed by atoms with Gasteiger partial charge in [-0.05, 0) is 6.07 Å². The second-order valence-corrected chi connectivity index (χ2v) is 3.70. The summed E-state index contributed by atoms with van der Waals surface area (Å²) in [6.07, 6.45) is -0.316. The third-order valence-electron chi connectivity index (χ3n) is 2.31. The lowest BCUT2D eigenvalue weighted by Gasteiger charge is -2.06. The number of anilines is 2. The highest BCUT2D eigenvalue weighted by Gasteiger charge is 2.28. The van der Waals surface area contributed by atoms with Crippen LogP contribution in [0.15, 0.2) is 24.7 Å². The molecule has 0 fully saturated rings. The second kappa shape index (κ2) is 4.21. The van der Waals surface area contributed by atoms with Gasteiger partial charge in [-0.25, -0.2) is 4.98 Å². The largest absolute Gasteiger partial charge is 0.408 e. The van der Waals surface area contributed by atoms with Gasteiger partial charge < -0.3 is 11.5 Å². The number of aromatic nitrogens is 3. The Morgan fingerprint density at radius 1 is 1.28 bits per heavy atom. The Balaban J connectivity index is 2.33. The summed E-state index contributed by atoms with van der Waals surface area (Å²) in [6.45, 7) is -1.15. The minimum Gasteiger partial charge on any atom is -0.395 e. The van der Waals surface area contributed by atoms with E-state index in [0.717, 1.165) is 4.68 Å². The van der Waals surface area contributed by atoms with E-state index in [-0.39, 0.29) is 11.5 Å². The van der Waals surface area contributed by atoms with Crippen LogP contribution in [0.25, 0.3) is 11.1 Å². The molecule has 0 aromatic carbocycles. The lowest BCUT2D eigenvalue weighted by molar-refractivity contribution is -0.142. The number of alkyl halides is 3. The molecule has 0 radical (unpaired) electrons. The average Bonchev–Trinajstić information content (AvgIpc) is 2.68. The first kappa shape index (κ1) is 12.2. The van der Waals surface area contributed by atoms with Crippen molar-refractivity contribution in [3.63, 3.8) is 0 Å². The van der Waals surface area contributed by atoms with Gasteiger partial charge in [0, 0.05) is 23.5 Å². The van der Waals surface area contributed by atoms with E-state index in [1.165, 1.54) is 18.6 Å². The molecule has 0 aliphatic rings. The average molecular weight is 257 g/mol. The van der Waals surface area contributed by atoms with Gasteiger partial charge in [-0.2, -0.15) is 18.3 Å². The SMILES string of the molecule is Nc1nccc(-c2cnn(CC(F)(F)F)c2)c1N. The summed E-state index contributed by atoms with van der Waals surface area (Å²) >= 11 is 0. The Morgan fingerprint density at radius 3 is 2.67 bits per heavy atom. The molecule has 0 amide bonds. The lowest BCUT2D eigenvalue weighted by Crippen LogP contribution is -2.17. The Bertz CT molecular complexity index is 561. The van der Waals surface area contributed by atoms with Gasteiger partial charge in [-0.3, -0.25) is 4.68 Å². The fourth-order valence-corrected chi connectivity index (χ4v) is 1.51. The van der Waals surface area contributed by atoms with Crippen molar-refractivity contribution < 1.29 is 13.2 Å². The Morgan fingerprint density at radius 2 is 2.00 bits per heavy atom. The van der Waals surface area contributed by atoms with Crippen LogP contribution in [0.4, 0.5) is 24.7 Å². The van der Waals surface area contributed by atoms with Crippen molar-refractivity contribution in [2.75, 3.05) is 11.5 Å². The van der Waals surface area contributed by atoms with E-state index in [2.05, 4.69) is 10.1 Å². The molecule has 2 aromatic heterocycles. The summed E-state index contributed by atoms with van der Waals surface area (Å²) in [5.74, 6) is 0.135. The molecule has 2 rings (SSSR count). The number of rotatable bonds is 2. The van der Waals surface area contributed by atoms with E-state index < -0.39 is 12.7 Å². The smallest absolute Gasteiger partial charge is 0.395 e. The fraction of sp³-hybridized carbons (Fsp3) is 0.200. The lowest BCUT2D eigenvalue weighted by atomic mass is 10.1. The molecule has 0 atom stereocenters. The van der Waals surface area contributed by atoms with Crippen LogP contribution in [-0.2, 0) is 6.54 Å². The van der Waals surface area contributed by atoms with Crippen molar-refractivity contribution in [3.05, 3.63) is 24.7 Å². The van der Waals surface area contributed by atoms with E-state index in [9.17, 15) is 13.2 Å². The van der Waals surface area contributed by atoms with Crippen molar-refractivity contribution in [2.24, 2.45) is 0 Å². The summed E-state index contributed by atoms with van der Waals surface area (Å²) in [5, 5.41) is 3.63. The van der Waals surface area contributed by atoms with E-state index in [4.69, 9.17) is 11.5 Å². The maximum absolute atomic E-state index is 12.2. The van der Waals surface area contributed by atoms with Crippen LogP contribution >= 0.6 is 0 Å². The zero-order valence-corrected chi connectivity index (χ0v) is 9.15. The highest BCUT2D eigenvalue weighted by atomic mass is 19.4. The third-order valence-corrected chi connectivity index (χ3v) is 2.31. The highest BCUT2D eigenvalue weighted by molar-refractivity contribution is 5.81. The summed E-state index contributed by atoms with van der Waals surface area (Å²) in [6, 6.07) is 1.57. The molecule has 0 unspecified atom stereocenters. The van der Waals surface area contributed by atoms with Gasteiger partial charge in [0.25, 0.3) is 0 Å². The highest BCUT2D eigenvalue weighted by Crippen LogP contribution is 2.28. The summed E-state index contributed by atoms with van der Waals surface area (Å²) in [5.41, 5.74) is 12.4. The molecular weight excluding hydrogens is 247 g/mol. The van der Waals surface area contributed by atoms with Crippen molar-refractivity contribution in [2.45, 2.75) is 12.7 Å². The predicted molar refractivity (Wildman–Crippen MR) is 60.3 cm³/mol. The van der Waals surface area contributed by atoms with Crippen molar-refractivity contribution in [1.82, 2.24) is 14.8 Å². The van der Waals surface area contributed by atoms with Gasteiger partial charge in [0.05, 0.1) is 11.9 Å². The third kappa shape index (κ3) is 2.53. The number of hydrogen-bond donors (Lipinski definition) is 2. The van der Waals surface area contributed by atoms with Crippen molar-refractivity contribution in [3.8, 4) is 11.1 Å². The van der Waals surface area contributed by atoms with E-state index in [1.807, 2.05) is 0 Å². The number of nitrogen functional groups attached to an aromatic ring is 2. The van der Waals surface area contributed by atoms with Crippen molar-refractivity contribution >= 4 is 11.5 Å². The number of nitrogens with two attached hydrogens (primary N) is 2. The Kier molecular flexibility index (Phi) is 2.85. The maximum Gasteiger partial charge on any atom is 0.408 e. The second-order valence-electron chi connectivity index (χ2n) is 3.70. The zero-order chi connectivity index (χ0) is 13.3. The van der Waals surface area contributed by atoms with E-state index in [0.29, 0.717) is 11.1 Å². The first-order chi connectivity index (χ1) is 8.37. The summed E-state index contributed by atoms with van der Waals surface area (Å²) < 4.78 is 37.3. The molecule has 2 heterocycles. The molecule has 5 nitrogen and oxygen atoms in total. The monoisotopic (exact) mass is 257 g/mol. The van der Waals surface area contributed by atoms with Crippen LogP contribution in [0.3, 0.4) is 0 Å². The first-order valence-corrected chi connectivity index (χ1v) is 4.96. The Hall–Kier alpha value is -2.25. The molecule has 8 heteroatoms. The number of nitrogens with zero attached hydrogens (tertiary/aromatic N) is 3. The number of hydrogen-bond acceptors (Lipinski definition) is 4. The van der Waals surface area contributed by atoms with Gasteiger partial charge in [0.1, 0.15) is 12.4 Å². The molecule has 0 spiro atoms. The van der Waals surface area contributed by atoms with Gasteiger partial charge in [-0.1, -0.05) is 0 Å². The molecule has 0 saturated carbocycles. The molecule has 0 aliphatic carbocycles. The molecule has 0 aliphatic heterocycles. The fourth-order valence-electron chi connectivity index (χ4n) is 1.51. The van der Waals surface area contributed by atoms with Crippen LogP contribution in [0.2, 0.25) is 0 Å². The van der Waals surface area contributed by atoms with Gasteiger partial charge in [0.2, 0.25) is 0 Å². The molecule has 0 bridgehead atoms. The molecule has 18 heavy (non-hydrogen) atoms. The van der Waals surface area contributed by atoms with E-state index in [1.54, 1.807) is 6.07 Å². The molecule has 96 valence electrons. The van der Waals surface area contributed by atoms with Crippen LogP contribution in [0.5, 0.6) is 0 Å². The van der Waals surface area contributed by atoms with Crippen LogP contribution in [-0.4, -0.2) is 20.9 Å². The van der Waals surface area contributed by atoms with Gasteiger partial charge in [-0.15, -0.1) is 0 Å². The minimum absolute atomic E-state index is 0.135. The molecule has 2 aromatic rings. The standard InChI is InChI=1S/C10H10F3N5/c11-10(12,13)5-18-4-6(3-17-18)7-1-2-16-9(15)8(7)14/h1-4H,5,14H2,(H2,15,16). The quantitative estimate of drug-likeness (QED) is 0.857. The zero-order valence-electron chi connectivity index (χ0n) is 9.15. The van der Waals surface area contributed by atoms with Crippen LogP contribution in [0.1, 0.15) is 0 Å². The van der Waals surface area contributed by atoms with Crippen LogP contribution in [0, 0.1) is 0 Å². The molecule has 0 saturated heterocycles. The molecular formula is C10H10F3N5. The first-order valence-electron chi connectivity index (χ1n) is 4.96. The molecule has 4 N–H and O–H groups in total. The Labute approximate surface area is 100 Å². The van der Waals surface area contributed by atoms with Crippen LogP contribution < -0.4 is 11.5 Å². The summed E-state index contributed by atoms with van der Waals surface area (Å²) in [7, 11) is 0. The van der Waals surface area contributed by atoms with Gasteiger partial charge >= 0.3 is 6.18 Å². The normalized spacial score (nSPS) is 11.7. The topological polar surface area (TPSA) is 82.8 Å². The number of halogens is 3. The maximum atomic E-state index is 12.2. The predicted octanol–water partition coefficient (Wildman–Crippen LogP) is 1.67. The van der Waals surface area contributed by atoms with Crippen molar-refractivity contribution in [1.29, 1.82) is 0 Å².